The number of hydrogen-bond donors (Lipinski definition) is 1. The second-order valence-corrected chi connectivity index (χ2v) is 6.68. The van der Waals surface area contributed by atoms with Crippen molar-refractivity contribution in [1.29, 1.82) is 0 Å². The summed E-state index contributed by atoms with van der Waals surface area (Å²) in [7, 11) is 1.84. The second-order valence-electron chi connectivity index (χ2n) is 5.24. The van der Waals surface area contributed by atoms with Crippen LogP contribution >= 0.6 is 22.9 Å². The smallest absolute Gasteiger partial charge is 0.222 e. The summed E-state index contributed by atoms with van der Waals surface area (Å²) in [6.45, 7) is 4.93. The monoisotopic (exact) mass is 302 g/mol. The number of thiophene rings is 1. The molecule has 1 amide bonds. The molecule has 0 spiro atoms. The van der Waals surface area contributed by atoms with Gasteiger partial charge in [-0.25, -0.2) is 0 Å². The largest absolute Gasteiger partial charge is 0.346 e. The summed E-state index contributed by atoms with van der Waals surface area (Å²) in [5, 5.41) is 2.65. The van der Waals surface area contributed by atoms with Crippen LogP contribution in [0.25, 0.3) is 0 Å². The Kier molecular flexibility index (Phi) is 6.83. The Morgan fingerprint density at radius 2 is 2.21 bits per heavy atom. The SMILES string of the molecule is CC(C)C(N)CCN(C)C(=O)CCc1cc(Cl)cs1. The van der Waals surface area contributed by atoms with Gasteiger partial charge < -0.3 is 10.6 Å². The quantitative estimate of drug-likeness (QED) is 0.841. The van der Waals surface area contributed by atoms with Crippen molar-refractivity contribution in [2.24, 2.45) is 11.7 Å². The number of amides is 1. The summed E-state index contributed by atoms with van der Waals surface area (Å²) in [6, 6.07) is 2.08. The van der Waals surface area contributed by atoms with E-state index in [4.69, 9.17) is 17.3 Å². The number of halogens is 1. The molecule has 0 bridgehead atoms. The topological polar surface area (TPSA) is 46.3 Å². The lowest BCUT2D eigenvalue weighted by molar-refractivity contribution is -0.129. The molecule has 1 aromatic heterocycles. The van der Waals surface area contributed by atoms with Crippen molar-refractivity contribution in [2.45, 2.75) is 39.2 Å². The molecule has 0 aromatic carbocycles. The third-order valence-corrected chi connectivity index (χ3v) is 4.63. The van der Waals surface area contributed by atoms with E-state index in [1.807, 2.05) is 18.5 Å². The van der Waals surface area contributed by atoms with E-state index in [1.165, 1.54) is 0 Å². The van der Waals surface area contributed by atoms with Gasteiger partial charge >= 0.3 is 0 Å². The van der Waals surface area contributed by atoms with Crippen LogP contribution in [0.3, 0.4) is 0 Å². The van der Waals surface area contributed by atoms with E-state index in [-0.39, 0.29) is 11.9 Å². The van der Waals surface area contributed by atoms with Gasteiger partial charge in [0.15, 0.2) is 0 Å². The average molecular weight is 303 g/mol. The molecule has 1 unspecified atom stereocenters. The van der Waals surface area contributed by atoms with Crippen LogP contribution in [0.4, 0.5) is 0 Å². The van der Waals surface area contributed by atoms with Gasteiger partial charge in [-0.3, -0.25) is 4.79 Å². The number of nitrogens with zero attached hydrogens (tertiary/aromatic N) is 1. The highest BCUT2D eigenvalue weighted by Crippen LogP contribution is 2.20. The molecule has 0 radical (unpaired) electrons. The van der Waals surface area contributed by atoms with E-state index in [2.05, 4.69) is 13.8 Å². The number of hydrogen-bond acceptors (Lipinski definition) is 3. The Labute approximate surface area is 124 Å². The van der Waals surface area contributed by atoms with Crippen molar-refractivity contribution in [2.75, 3.05) is 13.6 Å². The minimum absolute atomic E-state index is 0.159. The molecule has 1 rings (SSSR count). The van der Waals surface area contributed by atoms with Crippen LogP contribution in [0.1, 0.15) is 31.6 Å². The van der Waals surface area contributed by atoms with Crippen molar-refractivity contribution in [1.82, 2.24) is 4.90 Å². The first-order chi connectivity index (χ1) is 8.90. The fraction of sp³-hybridized carbons (Fsp3) is 0.643. The molecule has 0 saturated carbocycles. The van der Waals surface area contributed by atoms with E-state index in [0.29, 0.717) is 12.3 Å². The highest BCUT2D eigenvalue weighted by molar-refractivity contribution is 7.10. The molecular weight excluding hydrogens is 280 g/mol. The summed E-state index contributed by atoms with van der Waals surface area (Å²) in [6.07, 6.45) is 2.14. The molecule has 1 heterocycles. The van der Waals surface area contributed by atoms with Gasteiger partial charge in [-0.15, -0.1) is 11.3 Å². The number of aryl methyl sites for hydroxylation is 1. The normalized spacial score (nSPS) is 12.7. The zero-order valence-electron chi connectivity index (χ0n) is 11.9. The van der Waals surface area contributed by atoms with Gasteiger partial charge in [0, 0.05) is 36.3 Å². The molecule has 1 aromatic rings. The average Bonchev–Trinajstić information content (AvgIpc) is 2.78. The molecule has 1 atom stereocenters. The molecule has 0 saturated heterocycles. The molecule has 0 fully saturated rings. The maximum absolute atomic E-state index is 12.0. The first-order valence-corrected chi connectivity index (χ1v) is 7.88. The Hall–Kier alpha value is -0.580. The first-order valence-electron chi connectivity index (χ1n) is 6.62. The number of nitrogens with two attached hydrogens (primary N) is 1. The van der Waals surface area contributed by atoms with E-state index < -0.39 is 0 Å². The molecular formula is C14H23ClN2OS. The van der Waals surface area contributed by atoms with Crippen LogP contribution in [0.5, 0.6) is 0 Å². The predicted octanol–water partition coefficient (Wildman–Crippen LogP) is 3.17. The second kappa shape index (κ2) is 7.88. The maximum atomic E-state index is 12.0. The minimum Gasteiger partial charge on any atom is -0.346 e. The summed E-state index contributed by atoms with van der Waals surface area (Å²) in [5.41, 5.74) is 5.98. The highest BCUT2D eigenvalue weighted by Gasteiger charge is 2.13. The van der Waals surface area contributed by atoms with Crippen LogP contribution < -0.4 is 5.73 Å². The molecule has 3 nitrogen and oxygen atoms in total. The van der Waals surface area contributed by atoms with Crippen LogP contribution in [0, 0.1) is 5.92 Å². The molecule has 108 valence electrons. The molecule has 0 aliphatic heterocycles. The lowest BCUT2D eigenvalue weighted by atomic mass is 10.0. The Balaban J connectivity index is 2.28. The van der Waals surface area contributed by atoms with Gasteiger partial charge in [0.25, 0.3) is 0 Å². The van der Waals surface area contributed by atoms with Crippen molar-refractivity contribution >= 4 is 28.8 Å². The van der Waals surface area contributed by atoms with Crippen molar-refractivity contribution in [3.8, 4) is 0 Å². The number of carbonyl (C=O) groups excluding carboxylic acids is 1. The minimum atomic E-state index is 0.159. The van der Waals surface area contributed by atoms with Gasteiger partial charge in [0.1, 0.15) is 0 Å². The molecule has 19 heavy (non-hydrogen) atoms. The number of carbonyl (C=O) groups is 1. The molecule has 2 N–H and O–H groups in total. The fourth-order valence-corrected chi connectivity index (χ4v) is 2.78. The summed E-state index contributed by atoms with van der Waals surface area (Å²) < 4.78 is 0. The summed E-state index contributed by atoms with van der Waals surface area (Å²) in [4.78, 5) is 14.9. The zero-order chi connectivity index (χ0) is 14.4. The Morgan fingerprint density at radius 1 is 1.53 bits per heavy atom. The van der Waals surface area contributed by atoms with Gasteiger partial charge in [-0.05, 0) is 24.8 Å². The third kappa shape index (κ3) is 5.93. The molecule has 5 heteroatoms. The van der Waals surface area contributed by atoms with E-state index >= 15 is 0 Å². The Morgan fingerprint density at radius 3 is 2.74 bits per heavy atom. The van der Waals surface area contributed by atoms with Gasteiger partial charge in [0.2, 0.25) is 5.91 Å². The number of rotatable bonds is 7. The van der Waals surface area contributed by atoms with Crippen LogP contribution in [-0.2, 0) is 11.2 Å². The summed E-state index contributed by atoms with van der Waals surface area (Å²) >= 11 is 7.46. The van der Waals surface area contributed by atoms with Gasteiger partial charge in [-0.2, -0.15) is 0 Å². The predicted molar refractivity (Wildman–Crippen MR) is 82.7 cm³/mol. The molecule has 0 aliphatic carbocycles. The van der Waals surface area contributed by atoms with Crippen molar-refractivity contribution in [3.05, 3.63) is 21.3 Å². The fourth-order valence-electron chi connectivity index (χ4n) is 1.71. The van der Waals surface area contributed by atoms with Crippen molar-refractivity contribution < 1.29 is 4.79 Å². The first kappa shape index (κ1) is 16.5. The Bertz CT molecular complexity index is 406. The standard InChI is InChI=1S/C14H23ClN2OS/c1-10(2)13(16)6-7-17(3)14(18)5-4-12-8-11(15)9-19-12/h8-10,13H,4-7,16H2,1-3H3. The van der Waals surface area contributed by atoms with Gasteiger partial charge in [0.05, 0.1) is 5.02 Å². The highest BCUT2D eigenvalue weighted by atomic mass is 35.5. The third-order valence-electron chi connectivity index (χ3n) is 3.29. The van der Waals surface area contributed by atoms with E-state index in [1.54, 1.807) is 16.2 Å². The van der Waals surface area contributed by atoms with E-state index in [0.717, 1.165) is 29.3 Å². The van der Waals surface area contributed by atoms with Crippen molar-refractivity contribution in [3.63, 3.8) is 0 Å². The maximum Gasteiger partial charge on any atom is 0.222 e. The van der Waals surface area contributed by atoms with Crippen LogP contribution in [0.2, 0.25) is 5.02 Å². The summed E-state index contributed by atoms with van der Waals surface area (Å²) in [5.74, 6) is 0.622. The zero-order valence-corrected chi connectivity index (χ0v) is 13.4. The van der Waals surface area contributed by atoms with Crippen LogP contribution in [0.15, 0.2) is 11.4 Å². The van der Waals surface area contributed by atoms with E-state index in [9.17, 15) is 4.79 Å². The lowest BCUT2D eigenvalue weighted by Crippen LogP contribution is -2.34. The molecule has 0 aliphatic rings. The van der Waals surface area contributed by atoms with Crippen LogP contribution in [-0.4, -0.2) is 30.4 Å². The van der Waals surface area contributed by atoms with Gasteiger partial charge in [-0.1, -0.05) is 25.4 Å². The lowest BCUT2D eigenvalue weighted by Gasteiger charge is -2.21.